The van der Waals surface area contributed by atoms with Crippen molar-refractivity contribution in [2.75, 3.05) is 26.3 Å². The van der Waals surface area contributed by atoms with Crippen molar-refractivity contribution in [2.45, 2.75) is 52.5 Å². The number of hydrogen-bond acceptors (Lipinski definition) is 3. The van der Waals surface area contributed by atoms with Crippen LogP contribution in [0.4, 0.5) is 0 Å². The largest absolute Gasteiger partial charge is 0.381 e. The Labute approximate surface area is 111 Å². The van der Waals surface area contributed by atoms with Gasteiger partial charge in [-0.05, 0) is 37.6 Å². The van der Waals surface area contributed by atoms with Gasteiger partial charge in [0.25, 0.3) is 0 Å². The Morgan fingerprint density at radius 2 is 2.22 bits per heavy atom. The zero-order valence-corrected chi connectivity index (χ0v) is 12.1. The van der Waals surface area contributed by atoms with Crippen molar-refractivity contribution in [2.24, 2.45) is 5.41 Å². The molecule has 18 heavy (non-hydrogen) atoms. The summed E-state index contributed by atoms with van der Waals surface area (Å²) in [7, 11) is 0. The Hall–Kier alpha value is -0.610. The topological polar surface area (TPSA) is 50.4 Å². The minimum atomic E-state index is -0.0530. The molecule has 0 aromatic rings. The molecule has 1 unspecified atom stereocenters. The van der Waals surface area contributed by atoms with Gasteiger partial charge < -0.3 is 15.4 Å². The minimum Gasteiger partial charge on any atom is -0.381 e. The van der Waals surface area contributed by atoms with Crippen molar-refractivity contribution in [1.29, 1.82) is 0 Å². The monoisotopic (exact) mass is 256 g/mol. The molecule has 1 heterocycles. The van der Waals surface area contributed by atoms with E-state index in [0.717, 1.165) is 45.4 Å². The van der Waals surface area contributed by atoms with Gasteiger partial charge in [-0.1, -0.05) is 20.8 Å². The standard InChI is InChI=1S/C14H28N2O2/c1-4-10-18-11-6-9-16-13(17)12-14(2,3)7-5-8-15-12/h12,15H,4-11H2,1-3H3,(H,16,17). The van der Waals surface area contributed by atoms with E-state index in [1.54, 1.807) is 0 Å². The summed E-state index contributed by atoms with van der Waals surface area (Å²) in [4.78, 5) is 12.1. The number of rotatable bonds is 7. The van der Waals surface area contributed by atoms with Crippen LogP contribution in [0, 0.1) is 5.41 Å². The lowest BCUT2D eigenvalue weighted by molar-refractivity contribution is -0.126. The molecule has 106 valence electrons. The summed E-state index contributed by atoms with van der Waals surface area (Å²) < 4.78 is 5.38. The van der Waals surface area contributed by atoms with Gasteiger partial charge in [0.15, 0.2) is 0 Å². The first-order valence-corrected chi connectivity index (χ1v) is 7.17. The third-order valence-electron chi connectivity index (χ3n) is 3.50. The molecular weight excluding hydrogens is 228 g/mol. The van der Waals surface area contributed by atoms with Gasteiger partial charge in [-0.3, -0.25) is 4.79 Å². The van der Waals surface area contributed by atoms with Crippen molar-refractivity contribution in [1.82, 2.24) is 10.6 Å². The van der Waals surface area contributed by atoms with Crippen LogP contribution in [0.2, 0.25) is 0 Å². The third kappa shape index (κ3) is 4.94. The van der Waals surface area contributed by atoms with Gasteiger partial charge in [0.2, 0.25) is 5.91 Å². The first kappa shape index (κ1) is 15.4. The van der Waals surface area contributed by atoms with E-state index >= 15 is 0 Å². The van der Waals surface area contributed by atoms with Crippen LogP contribution in [0.3, 0.4) is 0 Å². The van der Waals surface area contributed by atoms with Gasteiger partial charge in [-0.2, -0.15) is 0 Å². The summed E-state index contributed by atoms with van der Waals surface area (Å²) in [5.74, 6) is 0.134. The van der Waals surface area contributed by atoms with Crippen molar-refractivity contribution < 1.29 is 9.53 Å². The molecule has 0 spiro atoms. The average Bonchev–Trinajstić information content (AvgIpc) is 2.32. The average molecular weight is 256 g/mol. The van der Waals surface area contributed by atoms with Crippen LogP contribution in [0.25, 0.3) is 0 Å². The SMILES string of the molecule is CCCOCCCNC(=O)C1NCCCC1(C)C. The maximum absolute atomic E-state index is 12.1. The lowest BCUT2D eigenvalue weighted by atomic mass is 9.77. The first-order chi connectivity index (χ1) is 8.58. The maximum Gasteiger partial charge on any atom is 0.237 e. The van der Waals surface area contributed by atoms with Crippen LogP contribution in [-0.4, -0.2) is 38.3 Å². The van der Waals surface area contributed by atoms with E-state index in [9.17, 15) is 4.79 Å². The lowest BCUT2D eigenvalue weighted by Gasteiger charge is -2.38. The Morgan fingerprint density at radius 3 is 2.89 bits per heavy atom. The van der Waals surface area contributed by atoms with Gasteiger partial charge >= 0.3 is 0 Å². The third-order valence-corrected chi connectivity index (χ3v) is 3.50. The van der Waals surface area contributed by atoms with Crippen LogP contribution in [0.5, 0.6) is 0 Å². The van der Waals surface area contributed by atoms with E-state index in [-0.39, 0.29) is 17.4 Å². The summed E-state index contributed by atoms with van der Waals surface area (Å²) >= 11 is 0. The molecule has 0 saturated carbocycles. The van der Waals surface area contributed by atoms with Gasteiger partial charge in [0.1, 0.15) is 0 Å². The summed E-state index contributed by atoms with van der Waals surface area (Å²) in [6.07, 6.45) is 4.20. The molecule has 0 bridgehead atoms. The fraction of sp³-hybridized carbons (Fsp3) is 0.929. The predicted molar refractivity (Wildman–Crippen MR) is 73.5 cm³/mol. The predicted octanol–water partition coefficient (Wildman–Crippen LogP) is 1.70. The Balaban J connectivity index is 2.19. The number of ether oxygens (including phenoxy) is 1. The van der Waals surface area contributed by atoms with E-state index < -0.39 is 0 Å². The van der Waals surface area contributed by atoms with E-state index in [1.807, 2.05) is 0 Å². The molecule has 1 aliphatic rings. The van der Waals surface area contributed by atoms with Gasteiger partial charge in [-0.15, -0.1) is 0 Å². The summed E-state index contributed by atoms with van der Waals surface area (Å²) in [6, 6.07) is -0.0530. The van der Waals surface area contributed by atoms with E-state index in [2.05, 4.69) is 31.4 Å². The number of nitrogens with one attached hydrogen (secondary N) is 2. The van der Waals surface area contributed by atoms with Gasteiger partial charge in [0, 0.05) is 19.8 Å². The molecule has 0 aliphatic carbocycles. The highest BCUT2D eigenvalue weighted by Crippen LogP contribution is 2.29. The first-order valence-electron chi connectivity index (χ1n) is 7.17. The highest BCUT2D eigenvalue weighted by atomic mass is 16.5. The number of carbonyl (C=O) groups excluding carboxylic acids is 1. The van der Waals surface area contributed by atoms with E-state index in [0.29, 0.717) is 6.54 Å². The number of piperidine rings is 1. The number of hydrogen-bond donors (Lipinski definition) is 2. The van der Waals surface area contributed by atoms with Crippen LogP contribution in [0.15, 0.2) is 0 Å². The molecule has 1 fully saturated rings. The highest BCUT2D eigenvalue weighted by Gasteiger charge is 2.36. The smallest absolute Gasteiger partial charge is 0.237 e. The Kier molecular flexibility index (Phi) is 6.65. The molecule has 1 aliphatic heterocycles. The quantitative estimate of drug-likeness (QED) is 0.682. The second-order valence-corrected chi connectivity index (χ2v) is 5.74. The molecule has 0 aromatic heterocycles. The van der Waals surface area contributed by atoms with Crippen molar-refractivity contribution in [3.8, 4) is 0 Å². The van der Waals surface area contributed by atoms with Crippen LogP contribution < -0.4 is 10.6 Å². The second-order valence-electron chi connectivity index (χ2n) is 5.74. The molecule has 0 aromatic carbocycles. The normalized spacial score (nSPS) is 22.7. The molecule has 4 nitrogen and oxygen atoms in total. The molecule has 2 N–H and O–H groups in total. The minimum absolute atomic E-state index is 0.0530. The Bertz CT molecular complexity index is 254. The van der Waals surface area contributed by atoms with Crippen molar-refractivity contribution in [3.63, 3.8) is 0 Å². The second kappa shape index (κ2) is 7.74. The summed E-state index contributed by atoms with van der Waals surface area (Å²) in [5.41, 5.74) is 0.0566. The van der Waals surface area contributed by atoms with Crippen molar-refractivity contribution >= 4 is 5.91 Å². The highest BCUT2D eigenvalue weighted by molar-refractivity contribution is 5.82. The zero-order chi connectivity index (χ0) is 13.4. The Morgan fingerprint density at radius 1 is 1.44 bits per heavy atom. The van der Waals surface area contributed by atoms with Crippen LogP contribution >= 0.6 is 0 Å². The number of amides is 1. The van der Waals surface area contributed by atoms with Crippen LogP contribution in [-0.2, 0) is 9.53 Å². The maximum atomic E-state index is 12.1. The van der Waals surface area contributed by atoms with Gasteiger partial charge in [0.05, 0.1) is 6.04 Å². The molecule has 1 amide bonds. The van der Waals surface area contributed by atoms with Crippen molar-refractivity contribution in [3.05, 3.63) is 0 Å². The molecule has 4 heteroatoms. The number of carbonyl (C=O) groups is 1. The molecular formula is C14H28N2O2. The summed E-state index contributed by atoms with van der Waals surface area (Å²) in [5, 5.41) is 6.33. The summed E-state index contributed by atoms with van der Waals surface area (Å²) in [6.45, 7) is 9.61. The van der Waals surface area contributed by atoms with E-state index in [4.69, 9.17) is 4.74 Å². The van der Waals surface area contributed by atoms with Gasteiger partial charge in [-0.25, -0.2) is 0 Å². The fourth-order valence-corrected chi connectivity index (χ4v) is 2.39. The molecule has 1 rings (SSSR count). The van der Waals surface area contributed by atoms with Crippen LogP contribution in [0.1, 0.15) is 46.5 Å². The molecule has 0 radical (unpaired) electrons. The fourth-order valence-electron chi connectivity index (χ4n) is 2.39. The molecule has 1 saturated heterocycles. The molecule has 1 atom stereocenters. The lowest BCUT2D eigenvalue weighted by Crippen LogP contribution is -2.55. The van der Waals surface area contributed by atoms with E-state index in [1.165, 1.54) is 0 Å². The zero-order valence-electron chi connectivity index (χ0n) is 12.1.